The van der Waals surface area contributed by atoms with Crippen LogP contribution in [0, 0.1) is 6.92 Å². The number of aryl methyl sites for hydroxylation is 1. The fourth-order valence-electron chi connectivity index (χ4n) is 4.10. The number of carbonyl (C=O) groups excluding carboxylic acids is 1. The lowest BCUT2D eigenvalue weighted by Gasteiger charge is -2.28. The molecule has 1 aromatic carbocycles. The molecule has 11 heteroatoms. The van der Waals surface area contributed by atoms with E-state index in [-0.39, 0.29) is 6.54 Å². The first-order valence-corrected chi connectivity index (χ1v) is 11.8. The SMILES string of the molecule is Cc1ccc(NC(=O)N2CC=C(C(F)(F)F)C2)cc1-c1cc(NCC(C)O)nc(N2CCOCC2)c1. The van der Waals surface area contributed by atoms with E-state index in [1.807, 2.05) is 25.1 Å². The molecule has 2 aliphatic heterocycles. The Kier molecular flexibility index (Phi) is 7.70. The summed E-state index contributed by atoms with van der Waals surface area (Å²) in [6.07, 6.45) is -3.96. The molecule has 0 bridgehead atoms. The van der Waals surface area contributed by atoms with Crippen LogP contribution in [0.3, 0.4) is 0 Å². The molecule has 4 rings (SSSR count). The van der Waals surface area contributed by atoms with Gasteiger partial charge in [-0.25, -0.2) is 9.78 Å². The van der Waals surface area contributed by atoms with Gasteiger partial charge < -0.3 is 30.3 Å². The molecule has 2 aromatic rings. The number of urea groups is 1. The summed E-state index contributed by atoms with van der Waals surface area (Å²) in [5.74, 6) is 1.37. The minimum atomic E-state index is -4.44. The van der Waals surface area contributed by atoms with E-state index < -0.39 is 30.4 Å². The molecule has 1 atom stereocenters. The number of anilines is 3. The first-order chi connectivity index (χ1) is 17.1. The van der Waals surface area contributed by atoms with Crippen LogP contribution in [0.15, 0.2) is 42.0 Å². The third-order valence-electron chi connectivity index (χ3n) is 6.10. The molecule has 1 fully saturated rings. The maximum Gasteiger partial charge on any atom is 0.414 e. The van der Waals surface area contributed by atoms with Gasteiger partial charge >= 0.3 is 12.2 Å². The third kappa shape index (κ3) is 6.27. The highest BCUT2D eigenvalue weighted by atomic mass is 19.4. The molecule has 194 valence electrons. The normalized spacial score (nSPS) is 17.1. The maximum atomic E-state index is 12.9. The molecule has 0 spiro atoms. The molecule has 3 heterocycles. The fraction of sp³-hybridized carbons (Fsp3) is 0.440. The monoisotopic (exact) mass is 505 g/mol. The van der Waals surface area contributed by atoms with E-state index in [9.17, 15) is 23.1 Å². The number of benzene rings is 1. The van der Waals surface area contributed by atoms with Gasteiger partial charge in [0.2, 0.25) is 0 Å². The molecule has 8 nitrogen and oxygen atoms in total. The van der Waals surface area contributed by atoms with Gasteiger partial charge in [0.1, 0.15) is 11.6 Å². The Bertz CT molecular complexity index is 1130. The summed E-state index contributed by atoms with van der Waals surface area (Å²) in [4.78, 5) is 20.6. The zero-order chi connectivity index (χ0) is 25.9. The minimum absolute atomic E-state index is 0.0923. The number of rotatable bonds is 6. The third-order valence-corrected chi connectivity index (χ3v) is 6.10. The first kappa shape index (κ1) is 25.8. The van der Waals surface area contributed by atoms with Gasteiger partial charge in [0, 0.05) is 31.9 Å². The van der Waals surface area contributed by atoms with E-state index in [1.54, 1.807) is 19.1 Å². The minimum Gasteiger partial charge on any atom is -0.392 e. The molecular formula is C25H30F3N5O3. The van der Waals surface area contributed by atoms with Crippen molar-refractivity contribution in [1.82, 2.24) is 9.88 Å². The van der Waals surface area contributed by atoms with Gasteiger partial charge in [-0.3, -0.25) is 0 Å². The van der Waals surface area contributed by atoms with E-state index in [2.05, 4.69) is 15.5 Å². The molecule has 3 N–H and O–H groups in total. The van der Waals surface area contributed by atoms with Crippen LogP contribution in [0.1, 0.15) is 12.5 Å². The summed E-state index contributed by atoms with van der Waals surface area (Å²) in [7, 11) is 0. The van der Waals surface area contributed by atoms with Crippen molar-refractivity contribution in [3.8, 4) is 11.1 Å². The Morgan fingerprint density at radius 3 is 2.64 bits per heavy atom. The molecule has 1 saturated heterocycles. The number of nitrogens with zero attached hydrogens (tertiary/aromatic N) is 3. The fourth-order valence-corrected chi connectivity index (χ4v) is 4.10. The molecular weight excluding hydrogens is 475 g/mol. The number of hydrogen-bond acceptors (Lipinski definition) is 6. The van der Waals surface area contributed by atoms with Gasteiger partial charge in [-0.2, -0.15) is 13.2 Å². The van der Waals surface area contributed by atoms with Crippen LogP contribution in [0.2, 0.25) is 0 Å². The highest BCUT2D eigenvalue weighted by Gasteiger charge is 2.38. The summed E-state index contributed by atoms with van der Waals surface area (Å²) in [6, 6.07) is 8.63. The molecule has 0 radical (unpaired) electrons. The summed E-state index contributed by atoms with van der Waals surface area (Å²) < 4.78 is 44.3. The lowest BCUT2D eigenvalue weighted by molar-refractivity contribution is -0.0929. The van der Waals surface area contributed by atoms with E-state index in [1.165, 1.54) is 0 Å². The summed E-state index contributed by atoms with van der Waals surface area (Å²) >= 11 is 0. The van der Waals surface area contributed by atoms with Gasteiger partial charge in [-0.1, -0.05) is 12.1 Å². The summed E-state index contributed by atoms with van der Waals surface area (Å²) in [5, 5.41) is 15.6. The van der Waals surface area contributed by atoms with E-state index >= 15 is 0 Å². The predicted molar refractivity (Wildman–Crippen MR) is 132 cm³/mol. The van der Waals surface area contributed by atoms with Gasteiger partial charge in [-0.15, -0.1) is 0 Å². The average molecular weight is 506 g/mol. The Hall–Kier alpha value is -3.31. The van der Waals surface area contributed by atoms with Crippen molar-refractivity contribution in [3.63, 3.8) is 0 Å². The molecule has 0 aliphatic carbocycles. The number of ether oxygens (including phenoxy) is 1. The van der Waals surface area contributed by atoms with Crippen LogP contribution in [-0.4, -0.2) is 79.2 Å². The van der Waals surface area contributed by atoms with E-state index in [0.717, 1.165) is 33.5 Å². The molecule has 2 amide bonds. The highest BCUT2D eigenvalue weighted by molar-refractivity contribution is 5.91. The number of alkyl halides is 3. The summed E-state index contributed by atoms with van der Waals surface area (Å²) in [5.41, 5.74) is 2.42. The number of aliphatic hydroxyl groups is 1. The Labute approximate surface area is 207 Å². The smallest absolute Gasteiger partial charge is 0.392 e. The quantitative estimate of drug-likeness (QED) is 0.514. The van der Waals surface area contributed by atoms with E-state index in [0.29, 0.717) is 44.4 Å². The van der Waals surface area contributed by atoms with Crippen molar-refractivity contribution in [2.24, 2.45) is 0 Å². The topological polar surface area (TPSA) is 90.0 Å². The molecule has 2 aliphatic rings. The number of hydrogen-bond donors (Lipinski definition) is 3. The number of halogens is 3. The van der Waals surface area contributed by atoms with E-state index in [4.69, 9.17) is 9.72 Å². The zero-order valence-corrected chi connectivity index (χ0v) is 20.2. The lowest BCUT2D eigenvalue weighted by Crippen LogP contribution is -2.36. The number of aromatic nitrogens is 1. The van der Waals surface area contributed by atoms with Crippen LogP contribution in [0.5, 0.6) is 0 Å². The highest BCUT2D eigenvalue weighted by Crippen LogP contribution is 2.32. The lowest BCUT2D eigenvalue weighted by atomic mass is 10.00. The maximum absolute atomic E-state index is 12.9. The van der Waals surface area contributed by atoms with Crippen molar-refractivity contribution < 1.29 is 27.8 Å². The van der Waals surface area contributed by atoms with Gasteiger partial charge in [0.25, 0.3) is 0 Å². The van der Waals surface area contributed by atoms with Crippen molar-refractivity contribution in [2.45, 2.75) is 26.1 Å². The average Bonchev–Trinajstić information content (AvgIpc) is 3.36. The second kappa shape index (κ2) is 10.8. The number of amides is 2. The van der Waals surface area contributed by atoms with Gasteiger partial charge in [0.05, 0.1) is 31.4 Å². The number of morpholine rings is 1. The van der Waals surface area contributed by atoms with Crippen molar-refractivity contribution >= 4 is 23.4 Å². The van der Waals surface area contributed by atoms with Crippen LogP contribution in [0.4, 0.5) is 35.3 Å². The molecule has 36 heavy (non-hydrogen) atoms. The number of carbonyl (C=O) groups is 1. The largest absolute Gasteiger partial charge is 0.414 e. The van der Waals surface area contributed by atoms with Crippen LogP contribution in [-0.2, 0) is 4.74 Å². The second-order valence-corrected chi connectivity index (χ2v) is 9.00. The van der Waals surface area contributed by atoms with Crippen LogP contribution >= 0.6 is 0 Å². The predicted octanol–water partition coefficient (Wildman–Crippen LogP) is 4.02. The van der Waals surface area contributed by atoms with Crippen molar-refractivity contribution in [2.75, 3.05) is 61.5 Å². The second-order valence-electron chi connectivity index (χ2n) is 9.00. The molecule has 0 saturated carbocycles. The summed E-state index contributed by atoms with van der Waals surface area (Å²) in [6.45, 7) is 6.00. The number of nitrogens with one attached hydrogen (secondary N) is 2. The standard InChI is InChI=1S/C25H30F3N5O3/c1-16-3-4-20(30-24(35)33-6-5-19(15-33)25(26,27)28)13-21(16)18-11-22(29-14-17(2)34)31-23(12-18)32-7-9-36-10-8-32/h3-5,11-13,17,34H,6-10,14-15H2,1-2H3,(H,29,31)(H,30,35). The van der Waals surface area contributed by atoms with Gasteiger partial charge in [0.15, 0.2) is 0 Å². The van der Waals surface area contributed by atoms with Crippen molar-refractivity contribution in [1.29, 1.82) is 0 Å². The molecule has 1 unspecified atom stereocenters. The number of pyridine rings is 1. The molecule has 1 aromatic heterocycles. The van der Waals surface area contributed by atoms with Gasteiger partial charge in [-0.05, 0) is 54.8 Å². The Morgan fingerprint density at radius 1 is 1.22 bits per heavy atom. The Morgan fingerprint density at radius 2 is 1.97 bits per heavy atom. The number of aliphatic hydroxyl groups excluding tert-OH is 1. The Balaban J connectivity index is 1.58. The van der Waals surface area contributed by atoms with Crippen LogP contribution < -0.4 is 15.5 Å². The first-order valence-electron chi connectivity index (χ1n) is 11.8. The van der Waals surface area contributed by atoms with Crippen molar-refractivity contribution in [3.05, 3.63) is 47.5 Å². The zero-order valence-electron chi connectivity index (χ0n) is 20.2. The van der Waals surface area contributed by atoms with Crippen LogP contribution in [0.25, 0.3) is 11.1 Å².